The highest BCUT2D eigenvalue weighted by atomic mass is 15.2. The molecule has 1 heterocycles. The number of benzene rings is 1. The largest absolute Gasteiger partial charge is 0.314 e. The van der Waals surface area contributed by atoms with Gasteiger partial charge in [-0.3, -0.25) is 4.90 Å². The molecule has 0 radical (unpaired) electrons. The molecule has 0 aromatic heterocycles. The number of piperazine rings is 1. The molecule has 1 atom stereocenters. The highest BCUT2D eigenvalue weighted by Crippen LogP contribution is 2.30. The van der Waals surface area contributed by atoms with Gasteiger partial charge in [0.15, 0.2) is 0 Å². The molecule has 1 unspecified atom stereocenters. The third kappa shape index (κ3) is 2.87. The first-order valence-corrected chi connectivity index (χ1v) is 7.36. The van der Waals surface area contributed by atoms with Crippen molar-refractivity contribution in [3.8, 4) is 6.07 Å². The summed E-state index contributed by atoms with van der Waals surface area (Å²) >= 11 is 0. The van der Waals surface area contributed by atoms with Gasteiger partial charge in [0.1, 0.15) is 5.54 Å². The molecule has 1 aromatic carbocycles. The molecule has 2 rings (SSSR count). The zero-order valence-electron chi connectivity index (χ0n) is 13.0. The van der Waals surface area contributed by atoms with Crippen LogP contribution in [0.1, 0.15) is 38.8 Å². The average molecular weight is 271 g/mol. The van der Waals surface area contributed by atoms with Crippen molar-refractivity contribution in [3.63, 3.8) is 0 Å². The van der Waals surface area contributed by atoms with Gasteiger partial charge in [0, 0.05) is 26.2 Å². The molecule has 0 saturated carbocycles. The van der Waals surface area contributed by atoms with E-state index in [0.717, 1.165) is 31.7 Å². The summed E-state index contributed by atoms with van der Waals surface area (Å²) in [6.07, 6.45) is 0. The molecule has 1 aromatic rings. The third-order valence-corrected chi connectivity index (χ3v) is 4.28. The minimum absolute atomic E-state index is 0.149. The van der Waals surface area contributed by atoms with Gasteiger partial charge in [-0.1, -0.05) is 45.0 Å². The Morgan fingerprint density at radius 2 is 1.50 bits per heavy atom. The molecular weight excluding hydrogens is 246 g/mol. The predicted octanol–water partition coefficient (Wildman–Crippen LogP) is 2.63. The molecule has 1 fully saturated rings. The molecule has 3 nitrogen and oxygen atoms in total. The maximum absolute atomic E-state index is 9.71. The fourth-order valence-electron chi connectivity index (χ4n) is 2.72. The van der Waals surface area contributed by atoms with Crippen LogP contribution < -0.4 is 5.32 Å². The summed E-state index contributed by atoms with van der Waals surface area (Å²) in [6.45, 7) is 12.4. The second kappa shape index (κ2) is 5.55. The van der Waals surface area contributed by atoms with Gasteiger partial charge in [0.05, 0.1) is 6.07 Å². The van der Waals surface area contributed by atoms with E-state index < -0.39 is 5.54 Å². The Balaban J connectivity index is 2.29. The van der Waals surface area contributed by atoms with Crippen molar-refractivity contribution < 1.29 is 0 Å². The Bertz CT molecular complexity index is 486. The lowest BCUT2D eigenvalue weighted by Gasteiger charge is -2.39. The Morgan fingerprint density at radius 3 is 1.95 bits per heavy atom. The maximum Gasteiger partial charge on any atom is 0.132 e. The lowest BCUT2D eigenvalue weighted by atomic mass is 9.84. The molecule has 20 heavy (non-hydrogen) atoms. The molecule has 0 bridgehead atoms. The zero-order valence-corrected chi connectivity index (χ0v) is 13.0. The Labute approximate surface area is 122 Å². The Hall–Kier alpha value is -1.37. The molecular formula is C17H25N3. The first-order chi connectivity index (χ1) is 9.38. The van der Waals surface area contributed by atoms with E-state index in [2.05, 4.69) is 61.3 Å². The van der Waals surface area contributed by atoms with Gasteiger partial charge in [-0.2, -0.15) is 5.26 Å². The van der Waals surface area contributed by atoms with Crippen LogP contribution >= 0.6 is 0 Å². The van der Waals surface area contributed by atoms with Crippen molar-refractivity contribution in [2.45, 2.75) is 38.6 Å². The number of nitriles is 1. The number of hydrogen-bond acceptors (Lipinski definition) is 3. The quantitative estimate of drug-likeness (QED) is 0.898. The van der Waals surface area contributed by atoms with Crippen molar-refractivity contribution in [2.24, 2.45) is 0 Å². The summed E-state index contributed by atoms with van der Waals surface area (Å²) in [5, 5.41) is 13.0. The molecule has 0 aliphatic carbocycles. The summed E-state index contributed by atoms with van der Waals surface area (Å²) < 4.78 is 0. The van der Waals surface area contributed by atoms with Crippen LogP contribution in [0.25, 0.3) is 0 Å². The number of rotatable bonds is 2. The summed E-state index contributed by atoms with van der Waals surface area (Å²) in [6, 6.07) is 11.1. The van der Waals surface area contributed by atoms with E-state index in [1.807, 2.05) is 6.92 Å². The fourth-order valence-corrected chi connectivity index (χ4v) is 2.72. The standard InChI is InChI=1S/C17H25N3/c1-16(2,3)14-5-7-15(8-6-14)17(4,13-18)20-11-9-19-10-12-20/h5-8,19H,9-12H2,1-4H3. The monoisotopic (exact) mass is 271 g/mol. The second-order valence-electron chi connectivity index (χ2n) is 6.75. The number of nitrogens with zero attached hydrogens (tertiary/aromatic N) is 2. The molecule has 1 aliphatic rings. The van der Waals surface area contributed by atoms with E-state index in [4.69, 9.17) is 0 Å². The van der Waals surface area contributed by atoms with E-state index in [-0.39, 0.29) is 5.41 Å². The molecule has 1 N–H and O–H groups in total. The van der Waals surface area contributed by atoms with Crippen LogP contribution in [-0.4, -0.2) is 31.1 Å². The lowest BCUT2D eigenvalue weighted by Crippen LogP contribution is -2.52. The van der Waals surface area contributed by atoms with Crippen LogP contribution in [0.3, 0.4) is 0 Å². The van der Waals surface area contributed by atoms with E-state index in [1.165, 1.54) is 5.56 Å². The summed E-state index contributed by atoms with van der Waals surface area (Å²) in [5.41, 5.74) is 2.02. The van der Waals surface area contributed by atoms with Crippen molar-refractivity contribution in [1.82, 2.24) is 10.2 Å². The topological polar surface area (TPSA) is 39.1 Å². The molecule has 1 aliphatic heterocycles. The van der Waals surface area contributed by atoms with Crippen LogP contribution in [0.15, 0.2) is 24.3 Å². The fraction of sp³-hybridized carbons (Fsp3) is 0.588. The first-order valence-electron chi connectivity index (χ1n) is 7.36. The van der Waals surface area contributed by atoms with Crippen molar-refractivity contribution in [1.29, 1.82) is 5.26 Å². The van der Waals surface area contributed by atoms with Crippen LogP contribution in [0.5, 0.6) is 0 Å². The molecule has 0 amide bonds. The number of nitrogens with one attached hydrogen (secondary N) is 1. The van der Waals surface area contributed by atoms with Gasteiger partial charge in [0.2, 0.25) is 0 Å². The van der Waals surface area contributed by atoms with E-state index >= 15 is 0 Å². The third-order valence-electron chi connectivity index (χ3n) is 4.28. The minimum atomic E-state index is -0.529. The van der Waals surface area contributed by atoms with Gasteiger partial charge in [0.25, 0.3) is 0 Å². The van der Waals surface area contributed by atoms with E-state index in [0.29, 0.717) is 0 Å². The van der Waals surface area contributed by atoms with Crippen molar-refractivity contribution >= 4 is 0 Å². The van der Waals surface area contributed by atoms with Crippen LogP contribution in [0, 0.1) is 11.3 Å². The molecule has 0 spiro atoms. The SMILES string of the molecule is CC(C)(C)c1ccc(C(C)(C#N)N2CCNCC2)cc1. The smallest absolute Gasteiger partial charge is 0.132 e. The highest BCUT2D eigenvalue weighted by molar-refractivity contribution is 5.35. The Kier molecular flexibility index (Phi) is 4.17. The van der Waals surface area contributed by atoms with E-state index in [9.17, 15) is 5.26 Å². The first kappa shape index (κ1) is 15.0. The zero-order chi connectivity index (χ0) is 14.8. The van der Waals surface area contributed by atoms with Crippen molar-refractivity contribution in [2.75, 3.05) is 26.2 Å². The molecule has 3 heteroatoms. The van der Waals surface area contributed by atoms with Crippen molar-refractivity contribution in [3.05, 3.63) is 35.4 Å². The predicted molar refractivity (Wildman–Crippen MR) is 82.5 cm³/mol. The highest BCUT2D eigenvalue weighted by Gasteiger charge is 2.34. The van der Waals surface area contributed by atoms with Crippen LogP contribution in [-0.2, 0) is 11.0 Å². The van der Waals surface area contributed by atoms with Crippen LogP contribution in [0.2, 0.25) is 0 Å². The lowest BCUT2D eigenvalue weighted by molar-refractivity contribution is 0.132. The number of hydrogen-bond donors (Lipinski definition) is 1. The average Bonchev–Trinajstić information content (AvgIpc) is 2.46. The Morgan fingerprint density at radius 1 is 1.00 bits per heavy atom. The normalized spacial score (nSPS) is 20.1. The summed E-state index contributed by atoms with van der Waals surface area (Å²) in [4.78, 5) is 2.27. The van der Waals surface area contributed by atoms with Gasteiger partial charge >= 0.3 is 0 Å². The minimum Gasteiger partial charge on any atom is -0.314 e. The summed E-state index contributed by atoms with van der Waals surface area (Å²) in [5.74, 6) is 0. The van der Waals surface area contributed by atoms with Gasteiger partial charge in [-0.25, -0.2) is 0 Å². The van der Waals surface area contributed by atoms with Crippen LogP contribution in [0.4, 0.5) is 0 Å². The van der Waals surface area contributed by atoms with Gasteiger partial charge < -0.3 is 5.32 Å². The molecule has 108 valence electrons. The van der Waals surface area contributed by atoms with Gasteiger partial charge in [-0.05, 0) is 23.5 Å². The summed E-state index contributed by atoms with van der Waals surface area (Å²) in [7, 11) is 0. The van der Waals surface area contributed by atoms with Gasteiger partial charge in [-0.15, -0.1) is 0 Å². The molecule has 1 saturated heterocycles. The van der Waals surface area contributed by atoms with E-state index in [1.54, 1.807) is 0 Å². The second-order valence-corrected chi connectivity index (χ2v) is 6.75. The maximum atomic E-state index is 9.71.